The Bertz CT molecular complexity index is 879. The van der Waals surface area contributed by atoms with E-state index in [1.54, 1.807) is 24.3 Å². The van der Waals surface area contributed by atoms with E-state index in [2.05, 4.69) is 5.32 Å². The average Bonchev–Trinajstić information content (AvgIpc) is 2.57. The zero-order valence-corrected chi connectivity index (χ0v) is 16.7. The molecule has 6 heteroatoms. The second-order valence-corrected chi connectivity index (χ2v) is 8.72. The van der Waals surface area contributed by atoms with Gasteiger partial charge in [0.2, 0.25) is 15.9 Å². The van der Waals surface area contributed by atoms with Gasteiger partial charge < -0.3 is 5.32 Å². The molecule has 0 aliphatic rings. The molecule has 0 bridgehead atoms. The summed E-state index contributed by atoms with van der Waals surface area (Å²) < 4.78 is 25.2. The normalized spacial score (nSPS) is 14.1. The maximum atomic E-state index is 13.0. The van der Waals surface area contributed by atoms with E-state index in [1.165, 1.54) is 7.05 Å². The molecule has 0 aliphatic carbocycles. The standard InChI is InChI=1S/C20H26N2O3S/c1-14-11-12-15(2)18(13-14)16(3)21-20(23)19(22(4)26(5,24)25)17-9-7-6-8-10-17/h6-13,16,19H,1-5H3,(H,21,23)/t16-,19-/m0/s1. The highest BCUT2D eigenvalue weighted by Gasteiger charge is 2.31. The number of carbonyl (C=O) groups is 1. The van der Waals surface area contributed by atoms with Crippen molar-refractivity contribution in [2.24, 2.45) is 0 Å². The molecule has 2 atom stereocenters. The zero-order chi connectivity index (χ0) is 19.5. The lowest BCUT2D eigenvalue weighted by atomic mass is 9.99. The van der Waals surface area contributed by atoms with Gasteiger partial charge in [0.15, 0.2) is 0 Å². The summed E-state index contributed by atoms with van der Waals surface area (Å²) in [4.78, 5) is 13.0. The smallest absolute Gasteiger partial charge is 0.243 e. The first kappa shape index (κ1) is 20.1. The first-order chi connectivity index (χ1) is 12.1. The quantitative estimate of drug-likeness (QED) is 0.845. The van der Waals surface area contributed by atoms with Crippen LogP contribution in [0.3, 0.4) is 0 Å². The van der Waals surface area contributed by atoms with E-state index in [1.807, 2.05) is 45.0 Å². The van der Waals surface area contributed by atoms with Gasteiger partial charge in [-0.05, 0) is 37.5 Å². The SMILES string of the molecule is Cc1ccc(C)c([C@H](C)NC(=O)[C@H](c2ccccc2)N(C)S(C)(=O)=O)c1. The molecule has 0 radical (unpaired) electrons. The number of carbonyl (C=O) groups excluding carboxylic acids is 1. The molecule has 2 aromatic rings. The Morgan fingerprint density at radius 1 is 1.08 bits per heavy atom. The predicted octanol–water partition coefficient (Wildman–Crippen LogP) is 3.11. The minimum Gasteiger partial charge on any atom is -0.348 e. The number of nitrogens with zero attached hydrogens (tertiary/aromatic N) is 1. The van der Waals surface area contributed by atoms with Crippen LogP contribution in [-0.2, 0) is 14.8 Å². The molecule has 2 aromatic carbocycles. The van der Waals surface area contributed by atoms with Crippen molar-refractivity contribution in [1.29, 1.82) is 0 Å². The van der Waals surface area contributed by atoms with Crippen molar-refractivity contribution in [3.63, 3.8) is 0 Å². The molecule has 5 nitrogen and oxygen atoms in total. The van der Waals surface area contributed by atoms with Gasteiger partial charge in [-0.1, -0.05) is 54.1 Å². The Morgan fingerprint density at radius 3 is 2.27 bits per heavy atom. The minimum absolute atomic E-state index is 0.235. The number of nitrogens with one attached hydrogen (secondary N) is 1. The van der Waals surface area contributed by atoms with Crippen LogP contribution in [0, 0.1) is 13.8 Å². The van der Waals surface area contributed by atoms with Crippen LogP contribution >= 0.6 is 0 Å². The van der Waals surface area contributed by atoms with Gasteiger partial charge >= 0.3 is 0 Å². The van der Waals surface area contributed by atoms with Gasteiger partial charge in [0.05, 0.1) is 12.3 Å². The Kier molecular flexibility index (Phi) is 6.21. The summed E-state index contributed by atoms with van der Waals surface area (Å²) in [6.07, 6.45) is 1.10. The summed E-state index contributed by atoms with van der Waals surface area (Å²) in [6.45, 7) is 5.90. The third-order valence-electron chi connectivity index (χ3n) is 4.51. The van der Waals surface area contributed by atoms with Crippen LogP contribution in [-0.4, -0.2) is 31.9 Å². The average molecular weight is 375 g/mol. The Hall–Kier alpha value is -2.18. The number of rotatable bonds is 6. The second-order valence-electron chi connectivity index (χ2n) is 6.68. The van der Waals surface area contributed by atoms with Crippen LogP contribution in [0.15, 0.2) is 48.5 Å². The first-order valence-corrected chi connectivity index (χ1v) is 10.3. The molecule has 0 saturated carbocycles. The van der Waals surface area contributed by atoms with Gasteiger partial charge in [0.1, 0.15) is 6.04 Å². The van der Waals surface area contributed by atoms with Crippen LogP contribution in [0.2, 0.25) is 0 Å². The number of likely N-dealkylation sites (N-methyl/N-ethyl adjacent to an activating group) is 1. The maximum absolute atomic E-state index is 13.0. The molecule has 0 aliphatic heterocycles. The fourth-order valence-electron chi connectivity index (χ4n) is 2.95. The van der Waals surface area contributed by atoms with E-state index in [0.29, 0.717) is 5.56 Å². The Labute approximate surface area is 156 Å². The number of hydrogen-bond acceptors (Lipinski definition) is 3. The molecule has 0 fully saturated rings. The van der Waals surface area contributed by atoms with Gasteiger partial charge in [-0.25, -0.2) is 8.42 Å². The monoisotopic (exact) mass is 374 g/mol. The summed E-state index contributed by atoms with van der Waals surface area (Å²) in [5.74, 6) is -0.350. The molecule has 0 spiro atoms. The van der Waals surface area contributed by atoms with Crippen LogP contribution in [0.5, 0.6) is 0 Å². The third-order valence-corrected chi connectivity index (χ3v) is 5.77. The topological polar surface area (TPSA) is 66.5 Å². The van der Waals surface area contributed by atoms with Crippen LogP contribution in [0.1, 0.15) is 41.3 Å². The van der Waals surface area contributed by atoms with Crippen molar-refractivity contribution in [1.82, 2.24) is 9.62 Å². The molecule has 0 aromatic heterocycles. The molecule has 140 valence electrons. The fraction of sp³-hybridized carbons (Fsp3) is 0.350. The highest BCUT2D eigenvalue weighted by molar-refractivity contribution is 7.88. The Balaban J connectivity index is 2.33. The van der Waals surface area contributed by atoms with Gasteiger partial charge in [-0.2, -0.15) is 4.31 Å². The summed E-state index contributed by atoms with van der Waals surface area (Å²) in [5, 5.41) is 2.97. The molecular weight excluding hydrogens is 348 g/mol. The number of hydrogen-bond donors (Lipinski definition) is 1. The highest BCUT2D eigenvalue weighted by Crippen LogP contribution is 2.25. The Morgan fingerprint density at radius 2 is 1.69 bits per heavy atom. The minimum atomic E-state index is -3.54. The molecular formula is C20H26N2O3S. The second kappa shape index (κ2) is 8.01. The van der Waals surface area contributed by atoms with E-state index in [-0.39, 0.29) is 11.9 Å². The number of amides is 1. The van der Waals surface area contributed by atoms with Gasteiger partial charge in [0.25, 0.3) is 0 Å². The summed E-state index contributed by atoms with van der Waals surface area (Å²) in [5.41, 5.74) is 3.84. The summed E-state index contributed by atoms with van der Waals surface area (Å²) >= 11 is 0. The molecule has 0 heterocycles. The molecule has 0 saturated heterocycles. The number of benzene rings is 2. The fourth-order valence-corrected chi connectivity index (χ4v) is 3.55. The van der Waals surface area contributed by atoms with E-state index in [4.69, 9.17) is 0 Å². The lowest BCUT2D eigenvalue weighted by Gasteiger charge is -2.27. The molecule has 0 unspecified atom stereocenters. The van der Waals surface area contributed by atoms with Crippen molar-refractivity contribution in [2.75, 3.05) is 13.3 Å². The van der Waals surface area contributed by atoms with E-state index in [9.17, 15) is 13.2 Å². The van der Waals surface area contributed by atoms with E-state index >= 15 is 0 Å². The van der Waals surface area contributed by atoms with Gasteiger partial charge in [-0.15, -0.1) is 0 Å². The molecule has 1 amide bonds. The zero-order valence-electron chi connectivity index (χ0n) is 15.9. The predicted molar refractivity (Wildman–Crippen MR) is 104 cm³/mol. The van der Waals surface area contributed by atoms with Crippen molar-refractivity contribution in [3.05, 3.63) is 70.8 Å². The van der Waals surface area contributed by atoms with Gasteiger partial charge in [0, 0.05) is 7.05 Å². The van der Waals surface area contributed by atoms with Crippen LogP contribution in [0.4, 0.5) is 0 Å². The van der Waals surface area contributed by atoms with Crippen molar-refractivity contribution < 1.29 is 13.2 Å². The molecule has 2 rings (SSSR count). The first-order valence-electron chi connectivity index (χ1n) is 8.46. The van der Waals surface area contributed by atoms with E-state index in [0.717, 1.165) is 27.3 Å². The lowest BCUT2D eigenvalue weighted by molar-refractivity contribution is -0.125. The maximum Gasteiger partial charge on any atom is 0.243 e. The molecule has 1 N–H and O–H groups in total. The third kappa shape index (κ3) is 4.71. The van der Waals surface area contributed by atoms with Crippen molar-refractivity contribution >= 4 is 15.9 Å². The van der Waals surface area contributed by atoms with E-state index < -0.39 is 16.1 Å². The summed E-state index contributed by atoms with van der Waals surface area (Å²) in [6, 6.07) is 13.9. The van der Waals surface area contributed by atoms with Gasteiger partial charge in [-0.3, -0.25) is 4.79 Å². The number of sulfonamides is 1. The number of aryl methyl sites for hydroxylation is 2. The largest absolute Gasteiger partial charge is 0.348 e. The van der Waals surface area contributed by atoms with Crippen LogP contribution in [0.25, 0.3) is 0 Å². The highest BCUT2D eigenvalue weighted by atomic mass is 32.2. The van der Waals surface area contributed by atoms with Crippen molar-refractivity contribution in [2.45, 2.75) is 32.9 Å². The lowest BCUT2D eigenvalue weighted by Crippen LogP contribution is -2.42. The van der Waals surface area contributed by atoms with Crippen LogP contribution < -0.4 is 5.32 Å². The van der Waals surface area contributed by atoms with Crippen molar-refractivity contribution in [3.8, 4) is 0 Å². The summed E-state index contributed by atoms with van der Waals surface area (Å²) in [7, 11) is -2.11. The molecule has 26 heavy (non-hydrogen) atoms.